The summed E-state index contributed by atoms with van der Waals surface area (Å²) in [4.78, 5) is 8.67. The number of hydrogen-bond donors (Lipinski definition) is 1. The highest BCUT2D eigenvalue weighted by atomic mass is 15.4. The predicted octanol–water partition coefficient (Wildman–Crippen LogP) is 1.75. The molecule has 6 nitrogen and oxygen atoms in total. The maximum atomic E-state index is 8.94. The van der Waals surface area contributed by atoms with Crippen LogP contribution < -0.4 is 9.80 Å². The minimum Gasteiger partial charge on any atom is -0.345 e. The van der Waals surface area contributed by atoms with Crippen molar-refractivity contribution in [3.63, 3.8) is 0 Å². The molecular formula is C21H25N6+. The summed E-state index contributed by atoms with van der Waals surface area (Å²) >= 11 is 0. The first-order valence-electron chi connectivity index (χ1n) is 9.57. The van der Waals surface area contributed by atoms with E-state index >= 15 is 0 Å². The van der Waals surface area contributed by atoms with E-state index < -0.39 is 0 Å². The molecule has 1 aliphatic heterocycles. The van der Waals surface area contributed by atoms with E-state index in [4.69, 9.17) is 10.2 Å². The van der Waals surface area contributed by atoms with Crippen molar-refractivity contribution in [2.75, 3.05) is 37.6 Å². The number of nitrogens with zero attached hydrogens (tertiary/aromatic N) is 5. The third kappa shape index (κ3) is 3.38. The summed E-state index contributed by atoms with van der Waals surface area (Å²) in [5, 5.41) is 13.6. The lowest BCUT2D eigenvalue weighted by molar-refractivity contribution is -0.893. The molecule has 1 aromatic carbocycles. The van der Waals surface area contributed by atoms with Crippen LogP contribution in [0.4, 0.5) is 5.82 Å². The molecule has 1 aliphatic rings. The topological polar surface area (TPSA) is 61.7 Å². The summed E-state index contributed by atoms with van der Waals surface area (Å²) in [6, 6.07) is 14.8. The van der Waals surface area contributed by atoms with Gasteiger partial charge in [-0.15, -0.1) is 0 Å². The molecule has 0 spiro atoms. The number of rotatable bonds is 4. The lowest BCUT2D eigenvalue weighted by Crippen LogP contribution is -3.14. The molecule has 2 aromatic heterocycles. The van der Waals surface area contributed by atoms with Gasteiger partial charge in [0.05, 0.1) is 32.4 Å². The van der Waals surface area contributed by atoms with Crippen LogP contribution in [0.25, 0.3) is 16.8 Å². The van der Waals surface area contributed by atoms with Crippen LogP contribution >= 0.6 is 0 Å². The maximum Gasteiger partial charge on any atom is 0.165 e. The lowest BCUT2D eigenvalue weighted by atomic mass is 10.1. The van der Waals surface area contributed by atoms with Crippen LogP contribution in [0.5, 0.6) is 0 Å². The highest BCUT2D eigenvalue weighted by molar-refractivity contribution is 5.78. The monoisotopic (exact) mass is 361 g/mol. The molecule has 6 heteroatoms. The molecule has 0 atom stereocenters. The molecule has 27 heavy (non-hydrogen) atoms. The average Bonchev–Trinajstić information content (AvgIpc) is 3.13. The van der Waals surface area contributed by atoms with Crippen LogP contribution in [-0.4, -0.2) is 47.3 Å². The van der Waals surface area contributed by atoms with Crippen molar-refractivity contribution in [3.8, 4) is 17.2 Å². The summed E-state index contributed by atoms with van der Waals surface area (Å²) < 4.78 is 1.98. The zero-order valence-corrected chi connectivity index (χ0v) is 15.9. The second-order valence-electron chi connectivity index (χ2n) is 7.43. The van der Waals surface area contributed by atoms with Gasteiger partial charge in [-0.2, -0.15) is 14.9 Å². The second kappa shape index (κ2) is 7.37. The fraction of sp³-hybridized carbons (Fsp3) is 0.381. The number of piperazine rings is 1. The molecule has 0 unspecified atom stereocenters. The summed E-state index contributed by atoms with van der Waals surface area (Å²) in [7, 11) is 0. The van der Waals surface area contributed by atoms with E-state index in [1.54, 1.807) is 0 Å². The Balaban J connectivity index is 1.77. The summed E-state index contributed by atoms with van der Waals surface area (Å²) in [5.74, 6) is 1.44. The minimum atomic E-state index is 0.345. The second-order valence-corrected chi connectivity index (χ2v) is 7.43. The first-order chi connectivity index (χ1) is 13.2. The lowest BCUT2D eigenvalue weighted by Gasteiger charge is -2.32. The van der Waals surface area contributed by atoms with Crippen LogP contribution in [0.2, 0.25) is 0 Å². The highest BCUT2D eigenvalue weighted by Gasteiger charge is 2.24. The van der Waals surface area contributed by atoms with E-state index in [0.717, 1.165) is 54.5 Å². The van der Waals surface area contributed by atoms with Crippen molar-refractivity contribution in [2.45, 2.75) is 19.8 Å². The van der Waals surface area contributed by atoms with Crippen molar-refractivity contribution in [1.29, 1.82) is 5.26 Å². The van der Waals surface area contributed by atoms with Gasteiger partial charge in [0.1, 0.15) is 11.9 Å². The number of hydrogen-bond acceptors (Lipinski definition) is 4. The van der Waals surface area contributed by atoms with Gasteiger partial charge in [-0.1, -0.05) is 44.2 Å². The third-order valence-electron chi connectivity index (χ3n) is 5.27. The van der Waals surface area contributed by atoms with E-state index in [9.17, 15) is 0 Å². The summed E-state index contributed by atoms with van der Waals surface area (Å²) in [5.41, 5.74) is 4.19. The van der Waals surface area contributed by atoms with Crippen LogP contribution in [0.15, 0.2) is 42.6 Å². The molecule has 3 heterocycles. The number of quaternary nitrogens is 1. The molecule has 138 valence electrons. The highest BCUT2D eigenvalue weighted by Crippen LogP contribution is 2.28. The molecular weight excluding hydrogens is 336 g/mol. The van der Waals surface area contributed by atoms with Gasteiger partial charge in [0.2, 0.25) is 0 Å². The van der Waals surface area contributed by atoms with E-state index in [1.165, 1.54) is 4.90 Å². The summed E-state index contributed by atoms with van der Waals surface area (Å²) in [6.45, 7) is 8.73. The average molecular weight is 361 g/mol. The van der Waals surface area contributed by atoms with Crippen LogP contribution in [0.1, 0.15) is 25.5 Å². The molecule has 0 saturated carbocycles. The number of benzene rings is 1. The molecule has 3 aromatic rings. The molecule has 4 rings (SSSR count). The van der Waals surface area contributed by atoms with Gasteiger partial charge in [0, 0.05) is 17.3 Å². The van der Waals surface area contributed by atoms with Crippen molar-refractivity contribution < 1.29 is 4.90 Å². The van der Waals surface area contributed by atoms with Gasteiger partial charge in [0.25, 0.3) is 0 Å². The Morgan fingerprint density at radius 1 is 1.19 bits per heavy atom. The fourth-order valence-electron chi connectivity index (χ4n) is 3.65. The maximum absolute atomic E-state index is 8.94. The van der Waals surface area contributed by atoms with Gasteiger partial charge in [-0.3, -0.25) is 0 Å². The SMILES string of the molecule is CC(C)c1cc(N2CC[NH+](CC#N)CC2)n2ncc(-c3ccccc3)c2n1. The molecule has 0 aliphatic carbocycles. The van der Waals surface area contributed by atoms with Crippen molar-refractivity contribution in [1.82, 2.24) is 14.6 Å². The number of nitriles is 1. The van der Waals surface area contributed by atoms with Gasteiger partial charge in [0.15, 0.2) is 12.2 Å². The first-order valence-corrected chi connectivity index (χ1v) is 9.57. The minimum absolute atomic E-state index is 0.345. The van der Waals surface area contributed by atoms with Crippen LogP contribution in [0, 0.1) is 11.3 Å². The molecule has 0 bridgehead atoms. The molecule has 1 fully saturated rings. The number of fused-ring (bicyclic) bond motifs is 1. The van der Waals surface area contributed by atoms with Crippen molar-refractivity contribution in [2.24, 2.45) is 0 Å². The smallest absolute Gasteiger partial charge is 0.165 e. The number of nitrogens with one attached hydrogen (secondary N) is 1. The standard InChI is InChI=1S/C21H24N6/c1-16(2)19-14-20(26-12-10-25(9-8-22)11-13-26)27-21(24-19)18(15-23-27)17-6-4-3-5-7-17/h3-7,14-16H,9-13H2,1-2H3/p+1. The Labute approximate surface area is 159 Å². The normalized spacial score (nSPS) is 15.4. The fourth-order valence-corrected chi connectivity index (χ4v) is 3.65. The largest absolute Gasteiger partial charge is 0.345 e. The Kier molecular flexibility index (Phi) is 4.78. The van der Waals surface area contributed by atoms with Crippen LogP contribution in [-0.2, 0) is 0 Å². The van der Waals surface area contributed by atoms with Crippen LogP contribution in [0.3, 0.4) is 0 Å². The zero-order valence-electron chi connectivity index (χ0n) is 15.9. The van der Waals surface area contributed by atoms with Gasteiger partial charge in [-0.05, 0) is 11.5 Å². The molecule has 0 amide bonds. The number of anilines is 1. The summed E-state index contributed by atoms with van der Waals surface area (Å²) in [6.07, 6.45) is 1.92. The number of aromatic nitrogens is 3. The predicted molar refractivity (Wildman–Crippen MR) is 106 cm³/mol. The molecule has 0 radical (unpaired) electrons. The van der Waals surface area contributed by atoms with E-state index in [-0.39, 0.29) is 0 Å². The van der Waals surface area contributed by atoms with E-state index in [0.29, 0.717) is 12.5 Å². The Bertz CT molecular complexity index is 961. The van der Waals surface area contributed by atoms with Crippen molar-refractivity contribution >= 4 is 11.5 Å². The Morgan fingerprint density at radius 2 is 1.93 bits per heavy atom. The van der Waals surface area contributed by atoms with Crippen molar-refractivity contribution in [3.05, 3.63) is 48.3 Å². The quantitative estimate of drug-likeness (QED) is 0.719. The van der Waals surface area contributed by atoms with E-state index in [2.05, 4.69) is 48.1 Å². The molecule has 1 saturated heterocycles. The van der Waals surface area contributed by atoms with Gasteiger partial charge >= 0.3 is 0 Å². The first kappa shape index (κ1) is 17.5. The van der Waals surface area contributed by atoms with E-state index in [1.807, 2.05) is 28.9 Å². The molecule has 1 N–H and O–H groups in total. The Hall–Kier alpha value is -2.91. The third-order valence-corrected chi connectivity index (χ3v) is 5.27. The van der Waals surface area contributed by atoms with Gasteiger partial charge in [-0.25, -0.2) is 4.98 Å². The van der Waals surface area contributed by atoms with Gasteiger partial charge < -0.3 is 9.80 Å². The zero-order chi connectivity index (χ0) is 18.8. The Morgan fingerprint density at radius 3 is 2.59 bits per heavy atom.